The van der Waals surface area contributed by atoms with Crippen LogP contribution in [0, 0.1) is 13.8 Å². The average molecular weight is 475 g/mol. The molecule has 6 heteroatoms. The number of nitrogens with one attached hydrogen (secondary N) is 1. The summed E-state index contributed by atoms with van der Waals surface area (Å²) < 4.78 is 4.76. The Morgan fingerprint density at radius 1 is 0.971 bits per heavy atom. The number of hydrogen-bond donors (Lipinski definition) is 1. The number of thiophene rings is 1. The molecule has 0 unspecified atom stereocenters. The van der Waals surface area contributed by atoms with Gasteiger partial charge in [-0.3, -0.25) is 4.79 Å². The second kappa shape index (κ2) is 10.8. The van der Waals surface area contributed by atoms with Crippen LogP contribution in [-0.2, 0) is 17.6 Å². The predicted octanol–water partition coefficient (Wildman–Crippen LogP) is 6.81. The van der Waals surface area contributed by atoms with Crippen molar-refractivity contribution in [2.45, 2.75) is 52.4 Å². The standard InChI is InChI=1S/C28H30N2O3S/c1-18-10-15-22(16-19(18)2)30-26(31)25-23-8-6-4-5-7-9-24(23)34-27(25)29-17-20-11-13-21(14-12-20)28(32)33-3/h10-17H,4-9H2,1-3H3,(H,30,31). The lowest BCUT2D eigenvalue weighted by atomic mass is 9.96. The van der Waals surface area contributed by atoms with Gasteiger partial charge in [0.25, 0.3) is 5.91 Å². The van der Waals surface area contributed by atoms with Crippen LogP contribution in [0.1, 0.15) is 73.5 Å². The number of benzene rings is 2. The Balaban J connectivity index is 1.66. The summed E-state index contributed by atoms with van der Waals surface area (Å²) >= 11 is 1.63. The van der Waals surface area contributed by atoms with Gasteiger partial charge < -0.3 is 10.1 Å². The molecule has 2 aromatic carbocycles. The Labute approximate surface area is 204 Å². The normalized spacial score (nSPS) is 13.7. The van der Waals surface area contributed by atoms with E-state index < -0.39 is 0 Å². The molecule has 3 aromatic rings. The van der Waals surface area contributed by atoms with Crippen LogP contribution in [0.3, 0.4) is 0 Å². The Hall–Kier alpha value is -3.25. The van der Waals surface area contributed by atoms with Crippen molar-refractivity contribution in [1.82, 2.24) is 0 Å². The number of fused-ring (bicyclic) bond motifs is 1. The van der Waals surface area contributed by atoms with E-state index in [2.05, 4.69) is 12.2 Å². The zero-order valence-corrected chi connectivity index (χ0v) is 20.8. The number of ether oxygens (including phenoxy) is 1. The van der Waals surface area contributed by atoms with E-state index in [0.717, 1.165) is 53.1 Å². The molecule has 0 spiro atoms. The summed E-state index contributed by atoms with van der Waals surface area (Å²) in [4.78, 5) is 31.2. The Bertz CT molecular complexity index is 1230. The maximum atomic E-state index is 13.5. The molecule has 0 aliphatic heterocycles. The van der Waals surface area contributed by atoms with Gasteiger partial charge in [-0.2, -0.15) is 0 Å². The quantitative estimate of drug-likeness (QED) is 0.326. The van der Waals surface area contributed by atoms with Crippen molar-refractivity contribution in [3.63, 3.8) is 0 Å². The van der Waals surface area contributed by atoms with E-state index in [1.54, 1.807) is 29.7 Å². The maximum absolute atomic E-state index is 13.5. The van der Waals surface area contributed by atoms with Crippen LogP contribution in [0.25, 0.3) is 0 Å². The number of rotatable bonds is 5. The van der Waals surface area contributed by atoms with Gasteiger partial charge in [0, 0.05) is 16.8 Å². The van der Waals surface area contributed by atoms with Crippen LogP contribution in [0.5, 0.6) is 0 Å². The van der Waals surface area contributed by atoms with E-state index in [1.807, 2.05) is 37.3 Å². The summed E-state index contributed by atoms with van der Waals surface area (Å²) in [6.07, 6.45) is 8.31. The molecule has 1 N–H and O–H groups in total. The van der Waals surface area contributed by atoms with Gasteiger partial charge in [-0.05, 0) is 86.1 Å². The van der Waals surface area contributed by atoms with Gasteiger partial charge in [-0.15, -0.1) is 11.3 Å². The van der Waals surface area contributed by atoms with E-state index in [-0.39, 0.29) is 11.9 Å². The Morgan fingerprint density at radius 2 is 1.71 bits per heavy atom. The molecule has 1 aromatic heterocycles. The first-order valence-corrected chi connectivity index (χ1v) is 12.5. The van der Waals surface area contributed by atoms with Gasteiger partial charge >= 0.3 is 5.97 Å². The van der Waals surface area contributed by atoms with E-state index in [0.29, 0.717) is 11.1 Å². The van der Waals surface area contributed by atoms with Crippen molar-refractivity contribution in [1.29, 1.82) is 0 Å². The molecule has 1 heterocycles. The number of aryl methyl sites for hydroxylation is 3. The highest BCUT2D eigenvalue weighted by Gasteiger charge is 2.24. The van der Waals surface area contributed by atoms with Gasteiger partial charge in [-0.1, -0.05) is 31.0 Å². The number of nitrogens with zero attached hydrogens (tertiary/aromatic N) is 1. The third-order valence-corrected chi connectivity index (χ3v) is 7.51. The zero-order valence-electron chi connectivity index (χ0n) is 19.9. The lowest BCUT2D eigenvalue weighted by Gasteiger charge is -2.12. The molecule has 1 amide bonds. The molecule has 0 bridgehead atoms. The van der Waals surface area contributed by atoms with E-state index >= 15 is 0 Å². The van der Waals surface area contributed by atoms with Gasteiger partial charge in [0.05, 0.1) is 18.2 Å². The summed E-state index contributed by atoms with van der Waals surface area (Å²) in [7, 11) is 1.37. The van der Waals surface area contributed by atoms with Crippen LogP contribution >= 0.6 is 11.3 Å². The number of aliphatic imine (C=N–C) groups is 1. The van der Waals surface area contributed by atoms with Crippen molar-refractivity contribution in [2.75, 3.05) is 12.4 Å². The van der Waals surface area contributed by atoms with Crippen molar-refractivity contribution >= 4 is 40.1 Å². The van der Waals surface area contributed by atoms with Crippen molar-refractivity contribution < 1.29 is 14.3 Å². The van der Waals surface area contributed by atoms with Crippen molar-refractivity contribution in [3.8, 4) is 0 Å². The summed E-state index contributed by atoms with van der Waals surface area (Å²) in [6.45, 7) is 4.11. The second-order valence-electron chi connectivity index (χ2n) is 8.72. The van der Waals surface area contributed by atoms with Crippen LogP contribution in [0.2, 0.25) is 0 Å². The first kappa shape index (κ1) is 23.9. The minimum Gasteiger partial charge on any atom is -0.465 e. The summed E-state index contributed by atoms with van der Waals surface area (Å²) in [5.74, 6) is -0.471. The highest BCUT2D eigenvalue weighted by atomic mass is 32.1. The molecule has 0 saturated heterocycles. The van der Waals surface area contributed by atoms with Gasteiger partial charge in [0.2, 0.25) is 0 Å². The molecule has 1 aliphatic carbocycles. The van der Waals surface area contributed by atoms with Crippen molar-refractivity contribution in [2.24, 2.45) is 4.99 Å². The predicted molar refractivity (Wildman–Crippen MR) is 139 cm³/mol. The van der Waals surface area contributed by atoms with Gasteiger partial charge in [0.15, 0.2) is 0 Å². The first-order chi connectivity index (χ1) is 16.5. The summed E-state index contributed by atoms with van der Waals surface area (Å²) in [5, 5.41) is 3.85. The molecular formula is C28H30N2O3S. The monoisotopic (exact) mass is 474 g/mol. The number of esters is 1. The van der Waals surface area contributed by atoms with E-state index in [9.17, 15) is 9.59 Å². The SMILES string of the molecule is COC(=O)c1ccc(C=Nc2sc3c(c2C(=O)Nc2ccc(C)c(C)c2)CCCCCC3)cc1. The zero-order chi connectivity index (χ0) is 24.1. The number of carbonyl (C=O) groups excluding carboxylic acids is 2. The molecule has 34 heavy (non-hydrogen) atoms. The van der Waals surface area contributed by atoms with Crippen molar-refractivity contribution in [3.05, 3.63) is 80.7 Å². The first-order valence-electron chi connectivity index (χ1n) is 11.7. The maximum Gasteiger partial charge on any atom is 0.337 e. The van der Waals surface area contributed by atoms with Crippen LogP contribution in [-0.4, -0.2) is 25.2 Å². The number of methoxy groups -OCH3 is 1. The van der Waals surface area contributed by atoms with Gasteiger partial charge in [-0.25, -0.2) is 9.79 Å². The molecule has 0 radical (unpaired) electrons. The smallest absolute Gasteiger partial charge is 0.337 e. The second-order valence-corrected chi connectivity index (χ2v) is 9.81. The fourth-order valence-corrected chi connectivity index (χ4v) is 5.43. The Kier molecular flexibility index (Phi) is 7.58. The number of amides is 1. The minimum absolute atomic E-state index is 0.102. The molecule has 0 saturated carbocycles. The molecule has 176 valence electrons. The lowest BCUT2D eigenvalue weighted by Crippen LogP contribution is -2.14. The largest absolute Gasteiger partial charge is 0.465 e. The van der Waals surface area contributed by atoms with E-state index in [4.69, 9.17) is 9.73 Å². The molecule has 0 fully saturated rings. The molecule has 4 rings (SSSR count). The highest BCUT2D eigenvalue weighted by Crippen LogP contribution is 2.39. The number of hydrogen-bond acceptors (Lipinski definition) is 5. The summed E-state index contributed by atoms with van der Waals surface area (Å²) in [5.41, 5.74) is 6.34. The third kappa shape index (κ3) is 5.45. The molecular weight excluding hydrogens is 444 g/mol. The topological polar surface area (TPSA) is 67.8 Å². The van der Waals surface area contributed by atoms with Crippen LogP contribution in [0.15, 0.2) is 47.5 Å². The fourth-order valence-electron chi connectivity index (χ4n) is 4.20. The Morgan fingerprint density at radius 3 is 2.41 bits per heavy atom. The molecule has 0 atom stereocenters. The molecule has 5 nitrogen and oxygen atoms in total. The number of anilines is 1. The van der Waals surface area contributed by atoms with Crippen LogP contribution < -0.4 is 5.32 Å². The third-order valence-electron chi connectivity index (χ3n) is 6.31. The lowest BCUT2D eigenvalue weighted by molar-refractivity contribution is 0.0600. The average Bonchev–Trinajstić information content (AvgIpc) is 3.16. The van der Waals surface area contributed by atoms with E-state index in [1.165, 1.54) is 30.4 Å². The minimum atomic E-state index is -0.369. The summed E-state index contributed by atoms with van der Waals surface area (Å²) in [6, 6.07) is 13.1. The van der Waals surface area contributed by atoms with Crippen LogP contribution in [0.4, 0.5) is 10.7 Å². The highest BCUT2D eigenvalue weighted by molar-refractivity contribution is 7.16. The molecule has 1 aliphatic rings. The fraction of sp³-hybridized carbons (Fsp3) is 0.321. The van der Waals surface area contributed by atoms with Gasteiger partial charge in [0.1, 0.15) is 5.00 Å². The number of carbonyl (C=O) groups is 2.